The average Bonchev–Trinajstić information content (AvgIpc) is 2.43. The van der Waals surface area contributed by atoms with E-state index in [9.17, 15) is 4.79 Å². The van der Waals surface area contributed by atoms with E-state index in [0.29, 0.717) is 6.54 Å². The number of hydrogen-bond acceptors (Lipinski definition) is 2. The summed E-state index contributed by atoms with van der Waals surface area (Å²) in [4.78, 5) is 14.4. The highest BCUT2D eigenvalue weighted by atomic mass is 16.2. The molecule has 0 saturated heterocycles. The normalized spacial score (nSPS) is 13.3. The fraction of sp³-hybridized carbons (Fsp3) is 0.588. The van der Waals surface area contributed by atoms with Crippen LogP contribution in [0.3, 0.4) is 0 Å². The third kappa shape index (κ3) is 4.64. The van der Waals surface area contributed by atoms with Gasteiger partial charge in [0.05, 0.1) is 6.04 Å². The van der Waals surface area contributed by atoms with E-state index in [1.54, 1.807) is 0 Å². The van der Waals surface area contributed by atoms with Crippen molar-refractivity contribution in [1.29, 1.82) is 0 Å². The van der Waals surface area contributed by atoms with Gasteiger partial charge in [0.2, 0.25) is 5.91 Å². The molecule has 3 heteroatoms. The standard InChI is InChI=1S/C17H28N2O/c1-6-19(7-2)15(14-11-9-8-10-12-14)13-18-16(20)17(3,4)5/h8-12,15H,6-7,13H2,1-5H3,(H,18,20). The summed E-state index contributed by atoms with van der Waals surface area (Å²) >= 11 is 0. The summed E-state index contributed by atoms with van der Waals surface area (Å²) < 4.78 is 0. The molecule has 0 aromatic heterocycles. The maximum absolute atomic E-state index is 12.1. The maximum atomic E-state index is 12.1. The Balaban J connectivity index is 2.82. The maximum Gasteiger partial charge on any atom is 0.225 e. The number of likely N-dealkylation sites (N-methyl/N-ethyl adjacent to an activating group) is 1. The second-order valence-electron chi connectivity index (χ2n) is 6.11. The Morgan fingerprint density at radius 3 is 2.15 bits per heavy atom. The summed E-state index contributed by atoms with van der Waals surface area (Å²) in [6.45, 7) is 12.7. The zero-order valence-corrected chi connectivity index (χ0v) is 13.4. The first kappa shape index (κ1) is 16.7. The van der Waals surface area contributed by atoms with Gasteiger partial charge in [-0.05, 0) is 18.7 Å². The zero-order valence-electron chi connectivity index (χ0n) is 13.4. The van der Waals surface area contributed by atoms with Gasteiger partial charge in [-0.25, -0.2) is 0 Å². The molecule has 1 unspecified atom stereocenters. The molecule has 20 heavy (non-hydrogen) atoms. The van der Waals surface area contributed by atoms with Crippen LogP contribution in [0.4, 0.5) is 0 Å². The number of carbonyl (C=O) groups excluding carboxylic acids is 1. The number of benzene rings is 1. The van der Waals surface area contributed by atoms with E-state index in [0.717, 1.165) is 13.1 Å². The van der Waals surface area contributed by atoms with Crippen molar-refractivity contribution in [2.75, 3.05) is 19.6 Å². The fourth-order valence-electron chi connectivity index (χ4n) is 2.25. The lowest BCUT2D eigenvalue weighted by Crippen LogP contribution is -2.41. The van der Waals surface area contributed by atoms with Crippen LogP contribution in [0.15, 0.2) is 30.3 Å². The van der Waals surface area contributed by atoms with Crippen LogP contribution >= 0.6 is 0 Å². The Bertz CT molecular complexity index is 405. The Morgan fingerprint density at radius 2 is 1.70 bits per heavy atom. The molecular weight excluding hydrogens is 248 g/mol. The lowest BCUT2D eigenvalue weighted by atomic mass is 9.95. The van der Waals surface area contributed by atoms with E-state index >= 15 is 0 Å². The number of hydrogen-bond donors (Lipinski definition) is 1. The molecule has 1 atom stereocenters. The molecule has 1 aromatic rings. The SMILES string of the molecule is CCN(CC)C(CNC(=O)C(C)(C)C)c1ccccc1. The Hall–Kier alpha value is -1.35. The minimum absolute atomic E-state index is 0.102. The van der Waals surface area contributed by atoms with Crippen molar-refractivity contribution < 1.29 is 4.79 Å². The van der Waals surface area contributed by atoms with E-state index in [1.807, 2.05) is 26.8 Å². The molecule has 1 rings (SSSR count). The highest BCUT2D eigenvalue weighted by molar-refractivity contribution is 5.81. The molecule has 0 bridgehead atoms. The Kier molecular flexibility index (Phi) is 6.21. The quantitative estimate of drug-likeness (QED) is 0.865. The van der Waals surface area contributed by atoms with E-state index in [1.165, 1.54) is 5.56 Å². The van der Waals surface area contributed by atoms with Gasteiger partial charge in [-0.15, -0.1) is 0 Å². The van der Waals surface area contributed by atoms with E-state index in [2.05, 4.69) is 48.3 Å². The molecular formula is C17H28N2O. The summed E-state index contributed by atoms with van der Waals surface area (Å²) in [5.74, 6) is 0.102. The van der Waals surface area contributed by atoms with Crippen molar-refractivity contribution in [1.82, 2.24) is 10.2 Å². The minimum atomic E-state index is -0.343. The fourth-order valence-corrected chi connectivity index (χ4v) is 2.25. The lowest BCUT2D eigenvalue weighted by Gasteiger charge is -2.31. The number of nitrogens with one attached hydrogen (secondary N) is 1. The molecule has 0 saturated carbocycles. The molecule has 3 nitrogen and oxygen atoms in total. The molecule has 0 aliphatic heterocycles. The average molecular weight is 276 g/mol. The van der Waals surface area contributed by atoms with Gasteiger partial charge in [0, 0.05) is 12.0 Å². The Labute approximate surface area is 123 Å². The molecule has 0 aliphatic carbocycles. The third-order valence-corrected chi connectivity index (χ3v) is 3.57. The summed E-state index contributed by atoms with van der Waals surface area (Å²) in [7, 11) is 0. The van der Waals surface area contributed by atoms with E-state index in [-0.39, 0.29) is 17.4 Å². The first-order valence-corrected chi connectivity index (χ1v) is 7.47. The predicted molar refractivity (Wildman–Crippen MR) is 84.6 cm³/mol. The van der Waals surface area contributed by atoms with Crippen LogP contribution in [0.25, 0.3) is 0 Å². The van der Waals surface area contributed by atoms with Crippen molar-refractivity contribution in [2.45, 2.75) is 40.7 Å². The number of carbonyl (C=O) groups is 1. The van der Waals surface area contributed by atoms with Crippen molar-refractivity contribution in [3.8, 4) is 0 Å². The highest BCUT2D eigenvalue weighted by Gasteiger charge is 2.24. The van der Waals surface area contributed by atoms with Crippen LogP contribution in [0.2, 0.25) is 0 Å². The molecule has 0 aliphatic rings. The third-order valence-electron chi connectivity index (χ3n) is 3.57. The summed E-state index contributed by atoms with van der Waals surface area (Å²) in [5.41, 5.74) is 0.912. The second kappa shape index (κ2) is 7.44. The molecule has 1 N–H and O–H groups in total. The molecule has 0 radical (unpaired) electrons. The molecule has 0 heterocycles. The van der Waals surface area contributed by atoms with Crippen LogP contribution in [0.1, 0.15) is 46.2 Å². The van der Waals surface area contributed by atoms with Crippen molar-refractivity contribution in [2.24, 2.45) is 5.41 Å². The van der Waals surface area contributed by atoms with Gasteiger partial charge >= 0.3 is 0 Å². The van der Waals surface area contributed by atoms with Gasteiger partial charge in [-0.1, -0.05) is 65.0 Å². The van der Waals surface area contributed by atoms with Crippen LogP contribution in [0.5, 0.6) is 0 Å². The zero-order chi connectivity index (χ0) is 15.2. The summed E-state index contributed by atoms with van der Waals surface area (Å²) in [6, 6.07) is 10.6. The molecule has 0 fully saturated rings. The van der Waals surface area contributed by atoms with Crippen molar-refractivity contribution >= 4 is 5.91 Å². The van der Waals surface area contributed by atoms with Gasteiger partial charge in [0.25, 0.3) is 0 Å². The molecule has 0 spiro atoms. The van der Waals surface area contributed by atoms with E-state index in [4.69, 9.17) is 0 Å². The number of nitrogens with zero attached hydrogens (tertiary/aromatic N) is 1. The topological polar surface area (TPSA) is 32.3 Å². The van der Waals surface area contributed by atoms with Gasteiger partial charge < -0.3 is 5.32 Å². The van der Waals surface area contributed by atoms with Crippen LogP contribution < -0.4 is 5.32 Å². The van der Waals surface area contributed by atoms with Crippen LogP contribution in [-0.2, 0) is 4.79 Å². The highest BCUT2D eigenvalue weighted by Crippen LogP contribution is 2.20. The van der Waals surface area contributed by atoms with Gasteiger partial charge in [-0.2, -0.15) is 0 Å². The molecule has 1 amide bonds. The van der Waals surface area contributed by atoms with Crippen LogP contribution in [-0.4, -0.2) is 30.4 Å². The largest absolute Gasteiger partial charge is 0.354 e. The molecule has 112 valence electrons. The van der Waals surface area contributed by atoms with E-state index < -0.39 is 0 Å². The first-order chi connectivity index (χ1) is 9.40. The minimum Gasteiger partial charge on any atom is -0.354 e. The van der Waals surface area contributed by atoms with Crippen molar-refractivity contribution in [3.05, 3.63) is 35.9 Å². The first-order valence-electron chi connectivity index (χ1n) is 7.47. The predicted octanol–water partition coefficient (Wildman–Crippen LogP) is 3.23. The number of rotatable bonds is 6. The van der Waals surface area contributed by atoms with Gasteiger partial charge in [0.15, 0.2) is 0 Å². The lowest BCUT2D eigenvalue weighted by molar-refractivity contribution is -0.128. The summed E-state index contributed by atoms with van der Waals surface area (Å²) in [6.07, 6.45) is 0. The smallest absolute Gasteiger partial charge is 0.225 e. The number of amides is 1. The Morgan fingerprint density at radius 1 is 1.15 bits per heavy atom. The second-order valence-corrected chi connectivity index (χ2v) is 6.11. The van der Waals surface area contributed by atoms with Gasteiger partial charge in [0.1, 0.15) is 0 Å². The van der Waals surface area contributed by atoms with Gasteiger partial charge in [-0.3, -0.25) is 9.69 Å². The van der Waals surface area contributed by atoms with Crippen LogP contribution in [0, 0.1) is 5.41 Å². The molecule has 1 aromatic carbocycles. The summed E-state index contributed by atoms with van der Waals surface area (Å²) in [5, 5.41) is 3.09. The monoisotopic (exact) mass is 276 g/mol. The van der Waals surface area contributed by atoms with Crippen molar-refractivity contribution in [3.63, 3.8) is 0 Å².